The van der Waals surface area contributed by atoms with Crippen LogP contribution in [0.1, 0.15) is 11.1 Å². The number of nitrogens with zero attached hydrogens (tertiary/aromatic N) is 4. The molecule has 0 spiro atoms. The number of thioether (sulfide) groups is 1. The third-order valence-electron chi connectivity index (χ3n) is 4.59. The summed E-state index contributed by atoms with van der Waals surface area (Å²) in [5.41, 5.74) is 2.99. The van der Waals surface area contributed by atoms with Crippen LogP contribution in [0.15, 0.2) is 78.0 Å². The molecule has 0 radical (unpaired) electrons. The van der Waals surface area contributed by atoms with E-state index in [9.17, 15) is 0 Å². The Labute approximate surface area is 200 Å². The Morgan fingerprint density at radius 1 is 0.969 bits per heavy atom. The van der Waals surface area contributed by atoms with Crippen molar-refractivity contribution in [2.24, 2.45) is 0 Å². The molecule has 9 heteroatoms. The van der Waals surface area contributed by atoms with Gasteiger partial charge in [0.05, 0.1) is 5.69 Å². The number of halogens is 2. The lowest BCUT2D eigenvalue weighted by Gasteiger charge is -2.10. The lowest BCUT2D eigenvalue weighted by atomic mass is 10.2. The molecule has 1 N–H and O–H groups in total. The minimum Gasteiger partial charge on any atom is -0.489 e. The first-order valence-electron chi connectivity index (χ1n) is 10.0. The van der Waals surface area contributed by atoms with E-state index in [-0.39, 0.29) is 0 Å². The first kappa shape index (κ1) is 22.6. The molecule has 4 rings (SSSR count). The zero-order chi connectivity index (χ0) is 22.2. The minimum absolute atomic E-state index is 0.389. The molecule has 4 aromatic rings. The summed E-state index contributed by atoms with van der Waals surface area (Å²) in [6.07, 6.45) is 0. The van der Waals surface area contributed by atoms with Crippen molar-refractivity contribution in [2.45, 2.75) is 18.3 Å². The van der Waals surface area contributed by atoms with Crippen LogP contribution < -0.4 is 10.1 Å². The monoisotopic (exact) mass is 485 g/mol. The smallest absolute Gasteiger partial charge is 0.214 e. The van der Waals surface area contributed by atoms with Crippen LogP contribution in [0.2, 0.25) is 10.0 Å². The zero-order valence-corrected chi connectivity index (χ0v) is 19.4. The highest BCUT2D eigenvalue weighted by molar-refractivity contribution is 7.99. The molecule has 0 aliphatic carbocycles. The number of tetrazole rings is 1. The first-order chi connectivity index (χ1) is 15.7. The Bertz CT molecular complexity index is 1160. The Morgan fingerprint density at radius 2 is 1.84 bits per heavy atom. The average molecular weight is 486 g/mol. The Morgan fingerprint density at radius 3 is 2.69 bits per heavy atom. The second-order valence-electron chi connectivity index (χ2n) is 6.91. The minimum atomic E-state index is 0.389. The number of para-hydroxylation sites is 1. The number of nitrogens with one attached hydrogen (secondary N) is 1. The summed E-state index contributed by atoms with van der Waals surface area (Å²) in [6, 6.07) is 23.3. The van der Waals surface area contributed by atoms with Gasteiger partial charge in [0.2, 0.25) is 5.16 Å². The highest BCUT2D eigenvalue weighted by atomic mass is 35.5. The van der Waals surface area contributed by atoms with Gasteiger partial charge in [-0.25, -0.2) is 0 Å². The van der Waals surface area contributed by atoms with Crippen LogP contribution in [0.4, 0.5) is 0 Å². The summed E-state index contributed by atoms with van der Waals surface area (Å²) >= 11 is 13.8. The van der Waals surface area contributed by atoms with E-state index in [1.165, 1.54) is 0 Å². The van der Waals surface area contributed by atoms with E-state index in [1.807, 2.05) is 60.7 Å². The van der Waals surface area contributed by atoms with Crippen LogP contribution in [-0.2, 0) is 13.2 Å². The van der Waals surface area contributed by atoms with Gasteiger partial charge in [-0.15, -0.1) is 5.10 Å². The van der Waals surface area contributed by atoms with Crippen molar-refractivity contribution >= 4 is 35.0 Å². The van der Waals surface area contributed by atoms with Gasteiger partial charge in [-0.05, 0) is 52.4 Å². The molecule has 0 atom stereocenters. The van der Waals surface area contributed by atoms with E-state index in [4.69, 9.17) is 27.9 Å². The Balaban J connectivity index is 1.23. The molecule has 0 unspecified atom stereocenters. The summed E-state index contributed by atoms with van der Waals surface area (Å²) < 4.78 is 7.65. The van der Waals surface area contributed by atoms with Crippen molar-refractivity contribution in [3.63, 3.8) is 0 Å². The van der Waals surface area contributed by atoms with Crippen LogP contribution in [-0.4, -0.2) is 32.5 Å². The van der Waals surface area contributed by atoms with Gasteiger partial charge in [-0.1, -0.05) is 71.4 Å². The van der Waals surface area contributed by atoms with Crippen molar-refractivity contribution in [3.8, 4) is 11.4 Å². The fraction of sp³-hybridized carbons (Fsp3) is 0.174. The molecule has 1 heterocycles. The molecule has 32 heavy (non-hydrogen) atoms. The number of benzene rings is 3. The van der Waals surface area contributed by atoms with E-state index in [0.29, 0.717) is 16.7 Å². The molecule has 3 aromatic carbocycles. The number of hydrogen-bond acceptors (Lipinski definition) is 6. The fourth-order valence-corrected chi connectivity index (χ4v) is 4.24. The van der Waals surface area contributed by atoms with Crippen molar-refractivity contribution in [1.29, 1.82) is 0 Å². The third-order valence-corrected chi connectivity index (χ3v) is 6.10. The Hall–Kier alpha value is -2.58. The van der Waals surface area contributed by atoms with Gasteiger partial charge in [0.1, 0.15) is 12.4 Å². The highest BCUT2D eigenvalue weighted by Gasteiger charge is 2.08. The van der Waals surface area contributed by atoms with Crippen LogP contribution >= 0.6 is 35.0 Å². The quantitative estimate of drug-likeness (QED) is 0.238. The maximum absolute atomic E-state index is 6.22. The summed E-state index contributed by atoms with van der Waals surface area (Å²) in [5, 5.41) is 17.4. The standard InChI is InChI=1S/C23H21Cl2N5OS/c24-19-10-9-18(22(25)14-19)16-31-21-8-4-5-17(13-21)15-26-11-12-32-23-27-28-29-30(23)20-6-2-1-3-7-20/h1-10,13-14,26H,11-12,15-16H2. The van der Waals surface area contributed by atoms with E-state index in [2.05, 4.69) is 26.9 Å². The number of aromatic nitrogens is 4. The van der Waals surface area contributed by atoms with Gasteiger partial charge < -0.3 is 10.1 Å². The van der Waals surface area contributed by atoms with E-state index in [0.717, 1.165) is 46.6 Å². The van der Waals surface area contributed by atoms with Gasteiger partial charge in [-0.3, -0.25) is 0 Å². The SMILES string of the molecule is Clc1ccc(COc2cccc(CNCCSc3nnnn3-c3ccccc3)c2)c(Cl)c1. The predicted molar refractivity (Wildman–Crippen MR) is 129 cm³/mol. The molecule has 0 bridgehead atoms. The molecule has 0 saturated carbocycles. The summed E-state index contributed by atoms with van der Waals surface area (Å²) in [7, 11) is 0. The number of ether oxygens (including phenoxy) is 1. The molecule has 0 amide bonds. The summed E-state index contributed by atoms with van der Waals surface area (Å²) in [5.74, 6) is 1.64. The third kappa shape index (κ3) is 6.23. The highest BCUT2D eigenvalue weighted by Crippen LogP contribution is 2.23. The fourth-order valence-electron chi connectivity index (χ4n) is 2.99. The van der Waals surface area contributed by atoms with Gasteiger partial charge in [-0.2, -0.15) is 4.68 Å². The lowest BCUT2D eigenvalue weighted by Crippen LogP contribution is -2.16. The van der Waals surface area contributed by atoms with Crippen molar-refractivity contribution in [2.75, 3.05) is 12.3 Å². The maximum Gasteiger partial charge on any atom is 0.214 e. The molecule has 0 aliphatic heterocycles. The van der Waals surface area contributed by atoms with E-state index in [1.54, 1.807) is 22.5 Å². The van der Waals surface area contributed by atoms with Crippen LogP contribution in [0, 0.1) is 0 Å². The molecular weight excluding hydrogens is 465 g/mol. The normalized spacial score (nSPS) is 10.9. The van der Waals surface area contributed by atoms with E-state index < -0.39 is 0 Å². The van der Waals surface area contributed by atoms with Crippen molar-refractivity contribution < 1.29 is 4.74 Å². The second-order valence-corrected chi connectivity index (χ2v) is 8.81. The summed E-state index contributed by atoms with van der Waals surface area (Å²) in [4.78, 5) is 0. The first-order valence-corrected chi connectivity index (χ1v) is 11.8. The molecular formula is C23H21Cl2N5OS. The predicted octanol–water partition coefficient (Wildman–Crippen LogP) is 5.43. The molecule has 1 aromatic heterocycles. The van der Waals surface area contributed by atoms with Crippen LogP contribution in [0.25, 0.3) is 5.69 Å². The molecule has 164 valence electrons. The lowest BCUT2D eigenvalue weighted by molar-refractivity contribution is 0.306. The Kier molecular flexibility index (Phi) is 8.01. The van der Waals surface area contributed by atoms with Crippen LogP contribution in [0.3, 0.4) is 0 Å². The van der Waals surface area contributed by atoms with Gasteiger partial charge >= 0.3 is 0 Å². The van der Waals surface area contributed by atoms with Crippen molar-refractivity contribution in [3.05, 3.63) is 94.0 Å². The maximum atomic E-state index is 6.22. The summed E-state index contributed by atoms with van der Waals surface area (Å²) in [6.45, 7) is 1.94. The van der Waals surface area contributed by atoms with Gasteiger partial charge in [0, 0.05) is 34.5 Å². The topological polar surface area (TPSA) is 64.9 Å². The largest absolute Gasteiger partial charge is 0.489 e. The zero-order valence-electron chi connectivity index (χ0n) is 17.1. The number of rotatable bonds is 10. The van der Waals surface area contributed by atoms with Gasteiger partial charge in [0.25, 0.3) is 0 Å². The molecule has 0 fully saturated rings. The average Bonchev–Trinajstić information content (AvgIpc) is 3.28. The van der Waals surface area contributed by atoms with E-state index >= 15 is 0 Å². The van der Waals surface area contributed by atoms with Gasteiger partial charge in [0.15, 0.2) is 0 Å². The molecule has 0 aliphatic rings. The van der Waals surface area contributed by atoms with Crippen molar-refractivity contribution in [1.82, 2.24) is 25.5 Å². The number of hydrogen-bond donors (Lipinski definition) is 1. The molecule has 6 nitrogen and oxygen atoms in total. The van der Waals surface area contributed by atoms with Crippen LogP contribution in [0.5, 0.6) is 5.75 Å². The molecule has 0 saturated heterocycles. The second kappa shape index (κ2) is 11.3.